The normalized spacial score (nSPS) is 15.8. The van der Waals surface area contributed by atoms with Gasteiger partial charge in [-0.15, -0.1) is 0 Å². The van der Waals surface area contributed by atoms with Crippen LogP contribution in [0.25, 0.3) is 55.6 Å². The molecule has 0 atom stereocenters. The van der Waals surface area contributed by atoms with Gasteiger partial charge in [-0.25, -0.2) is 4.79 Å². The van der Waals surface area contributed by atoms with Crippen LogP contribution >= 0.6 is 0 Å². The Labute approximate surface area is 320 Å². The number of fused-ring (bicyclic) bond motifs is 9. The van der Waals surface area contributed by atoms with E-state index in [1.54, 1.807) is 6.92 Å². The number of hydrogen-bond acceptors (Lipinski definition) is 2. The Morgan fingerprint density at radius 3 is 1.22 bits per heavy atom. The summed E-state index contributed by atoms with van der Waals surface area (Å²) in [6.45, 7) is 22.1. The summed E-state index contributed by atoms with van der Waals surface area (Å²) in [6, 6.07) is 41.9. The first kappa shape index (κ1) is 34.3. The van der Waals surface area contributed by atoms with Crippen LogP contribution in [0, 0.1) is 6.92 Å². The minimum atomic E-state index is -0.332. The Hall–Kier alpha value is -5.47. The summed E-state index contributed by atoms with van der Waals surface area (Å²) in [4.78, 5) is 11.9. The van der Waals surface area contributed by atoms with Crippen LogP contribution in [0.2, 0.25) is 0 Å². The van der Waals surface area contributed by atoms with Crippen LogP contribution in [0.3, 0.4) is 0 Å². The summed E-state index contributed by atoms with van der Waals surface area (Å²) in [7, 11) is 0. The summed E-state index contributed by atoms with van der Waals surface area (Å²) in [5.41, 5.74) is 23.9. The van der Waals surface area contributed by atoms with E-state index in [9.17, 15) is 4.79 Å². The van der Waals surface area contributed by atoms with Crippen LogP contribution in [0.5, 0.6) is 0 Å². The Balaban J connectivity index is 1.01. The predicted molar refractivity (Wildman–Crippen MR) is 224 cm³/mol. The van der Waals surface area contributed by atoms with E-state index in [4.69, 9.17) is 4.74 Å². The molecule has 0 spiro atoms. The molecule has 0 N–H and O–H groups in total. The number of hydrogen-bond donors (Lipinski definition) is 0. The molecule has 6 aromatic carbocycles. The third-order valence-electron chi connectivity index (χ3n) is 12.9. The van der Waals surface area contributed by atoms with Gasteiger partial charge < -0.3 is 4.74 Å². The van der Waals surface area contributed by atoms with Crippen LogP contribution in [-0.4, -0.2) is 12.6 Å². The monoisotopic (exact) mass is 704 g/mol. The van der Waals surface area contributed by atoms with Crippen molar-refractivity contribution < 1.29 is 9.53 Å². The second-order valence-corrected chi connectivity index (χ2v) is 17.5. The fraction of sp³-hybridized carbons (Fsp3) is 0.250. The van der Waals surface area contributed by atoms with Gasteiger partial charge in [-0.05, 0) is 133 Å². The lowest BCUT2D eigenvalue weighted by atomic mass is 9.79. The zero-order valence-electron chi connectivity index (χ0n) is 32.8. The minimum absolute atomic E-state index is 0.0313. The maximum atomic E-state index is 11.9. The van der Waals surface area contributed by atoms with E-state index in [0.29, 0.717) is 18.6 Å². The van der Waals surface area contributed by atoms with Crippen molar-refractivity contribution in [2.75, 3.05) is 6.61 Å². The number of carbonyl (C=O) groups is 1. The van der Waals surface area contributed by atoms with E-state index in [1.165, 1.54) is 100 Å². The summed E-state index contributed by atoms with van der Waals surface area (Å²) >= 11 is 0. The van der Waals surface area contributed by atoms with Crippen molar-refractivity contribution in [3.8, 4) is 55.6 Å². The van der Waals surface area contributed by atoms with Crippen molar-refractivity contribution in [3.63, 3.8) is 0 Å². The number of ether oxygens (including phenoxy) is 1. The Morgan fingerprint density at radius 1 is 0.500 bits per heavy atom. The molecule has 0 fully saturated rings. The molecule has 6 aromatic rings. The van der Waals surface area contributed by atoms with Crippen LogP contribution < -0.4 is 0 Å². The van der Waals surface area contributed by atoms with Gasteiger partial charge in [0.25, 0.3) is 0 Å². The summed E-state index contributed by atoms with van der Waals surface area (Å²) < 4.78 is 5.39. The molecule has 0 unspecified atom stereocenters. The van der Waals surface area contributed by atoms with Gasteiger partial charge in [-0.3, -0.25) is 0 Å². The lowest BCUT2D eigenvalue weighted by molar-refractivity contribution is -0.138. The van der Waals surface area contributed by atoms with Crippen molar-refractivity contribution in [2.45, 2.75) is 78.1 Å². The lowest BCUT2D eigenvalue weighted by Gasteiger charge is -2.24. The number of benzene rings is 6. The van der Waals surface area contributed by atoms with E-state index in [0.717, 1.165) is 0 Å². The topological polar surface area (TPSA) is 26.3 Å². The molecule has 0 bridgehead atoms. The molecule has 3 aliphatic rings. The minimum Gasteiger partial charge on any atom is -0.462 e. The molecule has 9 rings (SSSR count). The molecule has 0 saturated heterocycles. The zero-order chi connectivity index (χ0) is 37.9. The first-order valence-corrected chi connectivity index (χ1v) is 19.3. The third-order valence-corrected chi connectivity index (χ3v) is 12.9. The second-order valence-electron chi connectivity index (χ2n) is 17.5. The van der Waals surface area contributed by atoms with Gasteiger partial charge in [0.05, 0.1) is 6.61 Å². The molecule has 0 radical (unpaired) electrons. The largest absolute Gasteiger partial charge is 0.462 e. The van der Waals surface area contributed by atoms with Gasteiger partial charge in [0.2, 0.25) is 0 Å². The van der Waals surface area contributed by atoms with Crippen LogP contribution in [0.1, 0.15) is 93.0 Å². The molecule has 268 valence electrons. The molecule has 2 nitrogen and oxygen atoms in total. The smallest absolute Gasteiger partial charge is 0.333 e. The maximum absolute atomic E-state index is 11.9. The van der Waals surface area contributed by atoms with Gasteiger partial charge in [0.1, 0.15) is 0 Å². The quantitative estimate of drug-likeness (QED) is 0.127. The summed E-state index contributed by atoms with van der Waals surface area (Å²) in [5.74, 6) is -0.332. The van der Waals surface area contributed by atoms with Crippen LogP contribution in [0.4, 0.5) is 0 Å². The third kappa shape index (κ3) is 5.03. The molecule has 0 amide bonds. The van der Waals surface area contributed by atoms with E-state index in [1.807, 2.05) is 0 Å². The average molecular weight is 705 g/mol. The molecule has 0 aromatic heterocycles. The van der Waals surface area contributed by atoms with Gasteiger partial charge in [-0.1, -0.05) is 139 Å². The number of aryl methyl sites for hydroxylation is 1. The highest BCUT2D eigenvalue weighted by atomic mass is 16.5. The standard InChI is InChI=1S/C52H48O2/c1-30(2)49(53)54-23-22-32-11-17-38-40-19-13-34(27-46(40)51(6,7)44(38)25-32)36-15-21-42-41-20-14-35(28-47(41)52(8,9)48(42)29-36)33-12-18-39-37-16-10-31(3)24-43(37)50(4,5)45(39)26-33/h10-21,24-29H,1,22-23H2,2-9H3. The summed E-state index contributed by atoms with van der Waals surface area (Å²) in [5, 5.41) is 0. The molecule has 2 heteroatoms. The van der Waals surface area contributed by atoms with E-state index in [-0.39, 0.29) is 22.2 Å². The first-order valence-electron chi connectivity index (χ1n) is 19.3. The molecule has 0 heterocycles. The molecule has 0 saturated carbocycles. The highest BCUT2D eigenvalue weighted by molar-refractivity contribution is 5.89. The van der Waals surface area contributed by atoms with Crippen molar-refractivity contribution in [1.82, 2.24) is 0 Å². The van der Waals surface area contributed by atoms with Gasteiger partial charge in [-0.2, -0.15) is 0 Å². The van der Waals surface area contributed by atoms with Gasteiger partial charge in [0.15, 0.2) is 0 Å². The number of carbonyl (C=O) groups excluding carboxylic acids is 1. The van der Waals surface area contributed by atoms with Crippen molar-refractivity contribution >= 4 is 5.97 Å². The van der Waals surface area contributed by atoms with Crippen molar-refractivity contribution in [1.29, 1.82) is 0 Å². The number of esters is 1. The maximum Gasteiger partial charge on any atom is 0.333 e. The molecule has 54 heavy (non-hydrogen) atoms. The van der Waals surface area contributed by atoms with Gasteiger partial charge in [0, 0.05) is 28.2 Å². The lowest BCUT2D eigenvalue weighted by Crippen LogP contribution is -2.16. The van der Waals surface area contributed by atoms with Crippen molar-refractivity contribution in [3.05, 3.63) is 166 Å². The molecule has 3 aliphatic carbocycles. The second kappa shape index (κ2) is 11.8. The number of rotatable bonds is 6. The van der Waals surface area contributed by atoms with E-state index in [2.05, 4.69) is 164 Å². The van der Waals surface area contributed by atoms with E-state index < -0.39 is 0 Å². The molecular weight excluding hydrogens is 657 g/mol. The Morgan fingerprint density at radius 2 is 0.833 bits per heavy atom. The average Bonchev–Trinajstić information content (AvgIpc) is 3.62. The highest BCUT2D eigenvalue weighted by Gasteiger charge is 2.39. The Bertz CT molecular complexity index is 2610. The van der Waals surface area contributed by atoms with Gasteiger partial charge >= 0.3 is 5.97 Å². The fourth-order valence-electron chi connectivity index (χ4n) is 9.63. The first-order chi connectivity index (χ1) is 25.7. The molecular formula is C52H48O2. The van der Waals surface area contributed by atoms with Crippen molar-refractivity contribution in [2.24, 2.45) is 0 Å². The highest BCUT2D eigenvalue weighted by Crippen LogP contribution is 2.54. The SMILES string of the molecule is C=C(C)C(=O)OCCc1ccc2c(c1)C(C)(C)c1cc(-c3ccc4c(c3)C(C)(C)c3cc(-c5ccc6c(c5)C(C)(C)c5cc(C)ccc5-6)ccc3-4)ccc1-2. The zero-order valence-corrected chi connectivity index (χ0v) is 32.8. The van der Waals surface area contributed by atoms with E-state index >= 15 is 0 Å². The fourth-order valence-corrected chi connectivity index (χ4v) is 9.63. The molecule has 0 aliphatic heterocycles. The van der Waals surface area contributed by atoms with Crippen LogP contribution in [-0.2, 0) is 32.2 Å². The van der Waals surface area contributed by atoms with Crippen LogP contribution in [0.15, 0.2) is 121 Å². The summed E-state index contributed by atoms with van der Waals surface area (Å²) in [6.07, 6.45) is 0.679. The predicted octanol–water partition coefficient (Wildman–Crippen LogP) is 12.9. The Kier molecular flexibility index (Phi) is 7.47.